The molecule has 1 amide bonds. The Morgan fingerprint density at radius 3 is 2.41 bits per heavy atom. The number of hydrogen-bond donors (Lipinski definition) is 4. The lowest BCUT2D eigenvalue weighted by molar-refractivity contribution is -0.117. The highest BCUT2D eigenvalue weighted by atomic mass is 35.5. The third kappa shape index (κ3) is 9.79. The topological polar surface area (TPSA) is 141 Å². The van der Waals surface area contributed by atoms with Gasteiger partial charge in [-0.1, -0.05) is 46.9 Å². The Bertz CT molecular complexity index is 1390. The van der Waals surface area contributed by atoms with Crippen molar-refractivity contribution in [3.8, 4) is 5.88 Å². The smallest absolute Gasteiger partial charge is 0.242 e. The second-order valence-electron chi connectivity index (χ2n) is 11.3. The van der Waals surface area contributed by atoms with Gasteiger partial charge in [-0.25, -0.2) is 9.37 Å². The van der Waals surface area contributed by atoms with Crippen LogP contribution >= 0.6 is 11.6 Å². The summed E-state index contributed by atoms with van der Waals surface area (Å²) in [6, 6.07) is 14.6. The largest absolute Gasteiger partial charge is 0.772 e. The number of nitrogens with two attached hydrogens (primary N) is 1. The zero-order valence-corrected chi connectivity index (χ0v) is 26.5. The SMILES string of the molecule is CC(C)Oc1ccc([C@H](c2ccc(Cl)cc2)[C@H](N)C(=O)Nc2cccc(F)c2CCC2CNC(CCCS(=O)[O-])CN2)cn1. The minimum atomic E-state index is -2.02. The van der Waals surface area contributed by atoms with E-state index in [0.29, 0.717) is 54.5 Å². The summed E-state index contributed by atoms with van der Waals surface area (Å²) >= 11 is 4.11. The Kier molecular flexibility index (Phi) is 12.7. The summed E-state index contributed by atoms with van der Waals surface area (Å²) in [6.07, 6.45) is 4.03. The fraction of sp³-hybridized carbons (Fsp3) is 0.438. The maximum absolute atomic E-state index is 15.1. The number of benzene rings is 2. The van der Waals surface area contributed by atoms with Gasteiger partial charge in [-0.05, 0) is 74.9 Å². The molecule has 2 aromatic carbocycles. The Hall–Kier alpha value is -2.93. The van der Waals surface area contributed by atoms with Crippen LogP contribution in [-0.4, -0.2) is 62.7 Å². The quantitative estimate of drug-likeness (QED) is 0.191. The summed E-state index contributed by atoms with van der Waals surface area (Å²) in [7, 11) is 0. The lowest BCUT2D eigenvalue weighted by atomic mass is 9.85. The van der Waals surface area contributed by atoms with E-state index < -0.39 is 34.8 Å². The number of rotatable bonds is 14. The molecule has 1 saturated heterocycles. The molecule has 9 nitrogen and oxygen atoms in total. The summed E-state index contributed by atoms with van der Waals surface area (Å²) < 4.78 is 42.3. The van der Waals surface area contributed by atoms with Gasteiger partial charge in [-0.2, -0.15) is 0 Å². The molecular weight excluding hydrogens is 605 g/mol. The van der Waals surface area contributed by atoms with Gasteiger partial charge in [0.05, 0.1) is 12.1 Å². The van der Waals surface area contributed by atoms with Crippen LogP contribution in [0.25, 0.3) is 0 Å². The van der Waals surface area contributed by atoms with Gasteiger partial charge in [0, 0.05) is 65.4 Å². The van der Waals surface area contributed by atoms with Crippen molar-refractivity contribution in [2.24, 2.45) is 5.73 Å². The van der Waals surface area contributed by atoms with Gasteiger partial charge >= 0.3 is 0 Å². The summed E-state index contributed by atoms with van der Waals surface area (Å²) in [4.78, 5) is 18.0. The van der Waals surface area contributed by atoms with Crippen LogP contribution in [-0.2, 0) is 22.3 Å². The number of carbonyl (C=O) groups is 1. The van der Waals surface area contributed by atoms with E-state index in [2.05, 4.69) is 20.9 Å². The van der Waals surface area contributed by atoms with Crippen molar-refractivity contribution in [2.75, 3.05) is 24.2 Å². The van der Waals surface area contributed by atoms with E-state index in [4.69, 9.17) is 22.1 Å². The van der Waals surface area contributed by atoms with Crippen molar-refractivity contribution in [1.82, 2.24) is 15.6 Å². The van der Waals surface area contributed by atoms with Crippen LogP contribution in [0.4, 0.5) is 10.1 Å². The zero-order chi connectivity index (χ0) is 31.6. The first kappa shape index (κ1) is 34.0. The maximum Gasteiger partial charge on any atom is 0.242 e. The van der Waals surface area contributed by atoms with Crippen LogP contribution < -0.4 is 26.4 Å². The lowest BCUT2D eigenvalue weighted by Gasteiger charge is -2.31. The maximum atomic E-state index is 15.1. The Labute approximate surface area is 265 Å². The standard InChI is InChI=1S/C32H41ClFN5O4S/c1-20(2)43-29-15-10-22(17-38-29)30(21-8-11-23(33)12-9-21)31(35)32(40)39-28-7-3-6-27(34)26(28)14-13-25-19-36-24(18-37-25)5-4-16-44(41)42/h3,6-12,15,17,20,24-25,30-31,36-37H,4-5,13-14,16,18-19,35H2,1-2H3,(H,39,40)(H,41,42)/p-1/t24?,25?,30-,31-/m0/s1. The second-order valence-corrected chi connectivity index (χ2v) is 12.8. The van der Waals surface area contributed by atoms with Gasteiger partial charge in [0.2, 0.25) is 11.8 Å². The third-order valence-corrected chi connectivity index (χ3v) is 8.53. The van der Waals surface area contributed by atoms with Crippen LogP contribution in [0.15, 0.2) is 60.8 Å². The van der Waals surface area contributed by atoms with Crippen LogP contribution in [0, 0.1) is 5.82 Å². The minimum absolute atomic E-state index is 0.0367. The molecule has 3 aromatic rings. The molecule has 3 unspecified atom stereocenters. The molecule has 12 heteroatoms. The number of aromatic nitrogens is 1. The third-order valence-electron chi connectivity index (χ3n) is 7.65. The first-order valence-electron chi connectivity index (χ1n) is 14.8. The molecule has 44 heavy (non-hydrogen) atoms. The summed E-state index contributed by atoms with van der Waals surface area (Å²) in [5.74, 6) is -0.786. The van der Waals surface area contributed by atoms with Crippen molar-refractivity contribution in [1.29, 1.82) is 0 Å². The Balaban J connectivity index is 1.44. The number of halogens is 2. The normalized spacial score (nSPS) is 18.9. The molecule has 2 heterocycles. The van der Waals surface area contributed by atoms with E-state index in [-0.39, 0.29) is 23.9 Å². The first-order chi connectivity index (χ1) is 21.1. The number of carbonyl (C=O) groups excluding carboxylic acids is 1. The number of hydrogen-bond acceptors (Lipinski definition) is 8. The minimum Gasteiger partial charge on any atom is -0.772 e. The molecule has 1 fully saturated rings. The highest BCUT2D eigenvalue weighted by molar-refractivity contribution is 7.79. The highest BCUT2D eigenvalue weighted by Gasteiger charge is 2.29. The molecular formula is C32H40ClFN5O4S-. The predicted molar refractivity (Wildman–Crippen MR) is 171 cm³/mol. The Morgan fingerprint density at radius 1 is 1.11 bits per heavy atom. The van der Waals surface area contributed by atoms with Gasteiger partial charge in [0.25, 0.3) is 0 Å². The number of amides is 1. The van der Waals surface area contributed by atoms with E-state index in [1.54, 1.807) is 36.5 Å². The molecule has 1 aliphatic rings. The van der Waals surface area contributed by atoms with Crippen molar-refractivity contribution < 1.29 is 22.7 Å². The number of nitrogens with zero attached hydrogens (tertiary/aromatic N) is 1. The number of anilines is 1. The second kappa shape index (κ2) is 16.4. The number of nitrogens with one attached hydrogen (secondary N) is 3. The highest BCUT2D eigenvalue weighted by Crippen LogP contribution is 2.30. The lowest BCUT2D eigenvalue weighted by Crippen LogP contribution is -2.54. The van der Waals surface area contributed by atoms with Gasteiger partial charge in [-0.3, -0.25) is 9.00 Å². The van der Waals surface area contributed by atoms with E-state index in [1.807, 2.05) is 32.0 Å². The number of piperazine rings is 1. The average Bonchev–Trinajstić information content (AvgIpc) is 2.99. The molecule has 5 N–H and O–H groups in total. The van der Waals surface area contributed by atoms with Crippen LogP contribution in [0.5, 0.6) is 5.88 Å². The molecule has 1 aromatic heterocycles. The average molecular weight is 645 g/mol. The van der Waals surface area contributed by atoms with Crippen molar-refractivity contribution in [3.63, 3.8) is 0 Å². The molecule has 0 aliphatic carbocycles. The van der Waals surface area contributed by atoms with E-state index in [1.165, 1.54) is 6.07 Å². The fourth-order valence-electron chi connectivity index (χ4n) is 5.40. The molecule has 0 bridgehead atoms. The number of ether oxygens (including phenoxy) is 1. The van der Waals surface area contributed by atoms with Crippen molar-refractivity contribution in [2.45, 2.75) is 69.7 Å². The fourth-order valence-corrected chi connectivity index (χ4v) is 5.93. The van der Waals surface area contributed by atoms with Crippen molar-refractivity contribution in [3.05, 3.63) is 88.3 Å². The Morgan fingerprint density at radius 2 is 1.80 bits per heavy atom. The van der Waals surface area contributed by atoms with Crippen LogP contribution in [0.2, 0.25) is 5.02 Å². The van der Waals surface area contributed by atoms with Crippen LogP contribution in [0.1, 0.15) is 55.7 Å². The summed E-state index contributed by atoms with van der Waals surface area (Å²) in [5, 5.41) is 10.4. The molecule has 0 saturated carbocycles. The molecule has 4 rings (SSSR count). The number of pyridine rings is 1. The first-order valence-corrected chi connectivity index (χ1v) is 16.5. The predicted octanol–water partition coefficient (Wildman–Crippen LogP) is 4.28. The molecule has 238 valence electrons. The molecule has 0 radical (unpaired) electrons. The van der Waals surface area contributed by atoms with E-state index >= 15 is 4.39 Å². The van der Waals surface area contributed by atoms with Gasteiger partial charge < -0.3 is 31.0 Å². The van der Waals surface area contributed by atoms with Gasteiger partial charge in [-0.15, -0.1) is 0 Å². The van der Waals surface area contributed by atoms with Crippen LogP contribution in [0.3, 0.4) is 0 Å². The van der Waals surface area contributed by atoms with Crippen molar-refractivity contribution >= 4 is 34.3 Å². The summed E-state index contributed by atoms with van der Waals surface area (Å²) in [6.45, 7) is 5.22. The van der Waals surface area contributed by atoms with Gasteiger partial charge in [0.15, 0.2) is 0 Å². The zero-order valence-electron chi connectivity index (χ0n) is 24.9. The molecule has 1 aliphatic heterocycles. The van der Waals surface area contributed by atoms with E-state index in [9.17, 15) is 13.6 Å². The van der Waals surface area contributed by atoms with Gasteiger partial charge in [0.1, 0.15) is 5.82 Å². The summed E-state index contributed by atoms with van der Waals surface area (Å²) in [5.41, 5.74) is 8.92. The molecule has 5 atom stereocenters. The molecule has 0 spiro atoms. The van der Waals surface area contributed by atoms with E-state index in [0.717, 1.165) is 17.5 Å². The monoisotopic (exact) mass is 644 g/mol.